The maximum atomic E-state index is 13.9. The predicted octanol–water partition coefficient (Wildman–Crippen LogP) is 7.49. The second kappa shape index (κ2) is 24.2. The van der Waals surface area contributed by atoms with Gasteiger partial charge in [0.25, 0.3) is 11.8 Å². The maximum absolute atomic E-state index is 13.9. The molecule has 0 aromatic heterocycles. The average molecular weight is 1030 g/mol. The lowest BCUT2D eigenvalue weighted by Crippen LogP contribution is -2.54. The largest absolute Gasteiger partial charge is 0.507 e. The molecule has 3 atom stereocenters. The number of hydrogen-bond acceptors (Lipinski definition) is 10. The van der Waals surface area contributed by atoms with Gasteiger partial charge in [0.2, 0.25) is 29.5 Å². The number of halogens is 1. The van der Waals surface area contributed by atoms with Crippen molar-refractivity contribution in [1.29, 1.82) is 0 Å². The summed E-state index contributed by atoms with van der Waals surface area (Å²) in [5.74, 6) is -1.42. The Morgan fingerprint density at radius 2 is 1.43 bits per heavy atom. The second-order valence-electron chi connectivity index (χ2n) is 19.5. The van der Waals surface area contributed by atoms with E-state index in [2.05, 4.69) is 16.0 Å². The molecule has 5 aromatic rings. The van der Waals surface area contributed by atoms with E-state index in [0.29, 0.717) is 81.2 Å². The molecule has 6 N–H and O–H groups in total. The maximum Gasteiger partial charge on any atom is 0.253 e. The van der Waals surface area contributed by atoms with Gasteiger partial charge in [0.15, 0.2) is 0 Å². The zero-order chi connectivity index (χ0) is 52.5. The number of fused-ring (bicyclic) bond motifs is 6. The van der Waals surface area contributed by atoms with E-state index in [1.54, 1.807) is 28.0 Å². The number of nitrogens with zero attached hydrogens (tertiary/aromatic N) is 3. The van der Waals surface area contributed by atoms with Crippen LogP contribution in [0.4, 0.5) is 17.1 Å². The number of unbranched alkanes of at least 4 members (excludes halogenated alkanes) is 2. The van der Waals surface area contributed by atoms with Gasteiger partial charge in [0.1, 0.15) is 30.2 Å². The van der Waals surface area contributed by atoms with E-state index in [1.807, 2.05) is 80.6 Å². The number of alkyl halides is 1. The van der Waals surface area contributed by atoms with Gasteiger partial charge in [-0.1, -0.05) is 80.9 Å². The summed E-state index contributed by atoms with van der Waals surface area (Å²) in [6, 6.07) is 24.5. The number of amides is 7. The van der Waals surface area contributed by atoms with Crippen LogP contribution in [0.5, 0.6) is 11.5 Å². The zero-order valence-corrected chi connectivity index (χ0v) is 42.6. The smallest absolute Gasteiger partial charge is 0.253 e. The van der Waals surface area contributed by atoms with Crippen LogP contribution >= 0.6 is 11.6 Å². The van der Waals surface area contributed by atoms with Gasteiger partial charge in [-0.2, -0.15) is 0 Å². The number of phenols is 1. The third kappa shape index (κ3) is 12.0. The van der Waals surface area contributed by atoms with Crippen molar-refractivity contribution in [1.82, 2.24) is 15.5 Å². The van der Waals surface area contributed by atoms with Gasteiger partial charge >= 0.3 is 0 Å². The summed E-state index contributed by atoms with van der Waals surface area (Å²) in [5, 5.41) is 22.9. The number of rotatable bonds is 23. The number of carbonyl (C=O) groups is 7. The molecule has 0 radical (unpaired) electrons. The van der Waals surface area contributed by atoms with Crippen molar-refractivity contribution in [2.24, 2.45) is 11.7 Å². The summed E-state index contributed by atoms with van der Waals surface area (Å²) in [4.78, 5) is 95.9. The first-order chi connectivity index (χ1) is 35.8. The van der Waals surface area contributed by atoms with Crippen molar-refractivity contribution in [2.45, 2.75) is 103 Å². The zero-order valence-electron chi connectivity index (χ0n) is 41.9. The molecule has 3 aliphatic heterocycles. The van der Waals surface area contributed by atoms with E-state index in [1.165, 1.54) is 17.1 Å². The van der Waals surface area contributed by atoms with E-state index in [0.717, 1.165) is 43.9 Å². The van der Waals surface area contributed by atoms with E-state index in [9.17, 15) is 38.7 Å². The lowest BCUT2D eigenvalue weighted by molar-refractivity contribution is -0.137. The summed E-state index contributed by atoms with van der Waals surface area (Å²) in [6.45, 7) is 5.32. The first-order valence-corrected chi connectivity index (χ1v) is 26.1. The molecule has 3 aliphatic rings. The minimum atomic E-state index is -0.921. The number of benzene rings is 5. The monoisotopic (exact) mass is 1030 g/mol. The molecule has 0 aliphatic carbocycles. The quantitative estimate of drug-likeness (QED) is 0.0246. The van der Waals surface area contributed by atoms with Crippen LogP contribution in [0.15, 0.2) is 97.1 Å². The lowest BCUT2D eigenvalue weighted by atomic mass is 9.95. The molecule has 7 amide bonds. The third-order valence-electron chi connectivity index (χ3n) is 14.1. The fourth-order valence-corrected chi connectivity index (χ4v) is 10.4. The van der Waals surface area contributed by atoms with Crippen molar-refractivity contribution in [3.05, 3.63) is 114 Å². The van der Waals surface area contributed by atoms with Crippen LogP contribution in [0.25, 0.3) is 21.5 Å². The number of hydrogen-bond donors (Lipinski definition) is 5. The number of nitrogens with one attached hydrogen (secondary N) is 3. The molecule has 0 saturated heterocycles. The first kappa shape index (κ1) is 53.0. The Kier molecular flexibility index (Phi) is 17.3. The van der Waals surface area contributed by atoms with Crippen LogP contribution in [-0.4, -0.2) is 95.5 Å². The molecule has 388 valence electrons. The van der Waals surface area contributed by atoms with Crippen molar-refractivity contribution in [3.8, 4) is 11.5 Å². The molecule has 0 bridgehead atoms. The van der Waals surface area contributed by atoms with E-state index < -0.39 is 23.9 Å². The number of anilines is 3. The van der Waals surface area contributed by atoms with Gasteiger partial charge in [-0.3, -0.25) is 38.5 Å². The third-order valence-corrected chi connectivity index (χ3v) is 14.5. The SMILES string of the molecule is CC(C)C(NC(=O)CCCCCN1C(=O)C=CC1=O)C(=O)NC(CCCN)C(=O)Nc1ccc(COc2cc3c(c4ccccc24)CCN3C(=O)CCCC(=O)N2CC(CCl)c3c2cc(O)c2ccccc32)cc1. The number of phenolic OH excluding ortho intramolecular Hbond substituents is 1. The summed E-state index contributed by atoms with van der Waals surface area (Å²) in [7, 11) is 0. The molecule has 74 heavy (non-hydrogen) atoms. The van der Waals surface area contributed by atoms with Crippen molar-refractivity contribution in [2.75, 3.05) is 47.2 Å². The molecule has 17 heteroatoms. The highest BCUT2D eigenvalue weighted by Gasteiger charge is 2.35. The predicted molar refractivity (Wildman–Crippen MR) is 286 cm³/mol. The summed E-state index contributed by atoms with van der Waals surface area (Å²) in [5.41, 5.74) is 10.6. The lowest BCUT2D eigenvalue weighted by Gasteiger charge is -2.25. The highest BCUT2D eigenvalue weighted by Crippen LogP contribution is 2.46. The molecule has 8 rings (SSSR count). The Bertz CT molecular complexity index is 2960. The van der Waals surface area contributed by atoms with Gasteiger partial charge in [0.05, 0.1) is 11.4 Å². The highest BCUT2D eigenvalue weighted by atomic mass is 35.5. The topological polar surface area (TPSA) is 221 Å². The normalized spacial score (nSPS) is 15.7. The van der Waals surface area contributed by atoms with Crippen LogP contribution in [0, 0.1) is 5.92 Å². The average Bonchev–Trinajstić information content (AvgIpc) is 4.10. The molecule has 3 unspecified atom stereocenters. The standard InChI is InChI=1S/C57H64ClN7O9/c1-35(2)55(62-49(67)17-4-3-9-28-64-52(70)24-25-53(64)71)57(73)61-44(16-11-27-59)56(72)60-38-22-20-36(21-23-38)34-74-48-31-45-40(39-12-5-7-14-42(39)48)26-29-63(45)50(68)18-10-19-51(69)65-33-37(32-58)54-43-15-8-6-13-41(43)47(66)30-46(54)65/h5-8,12-15,20-25,30-31,35,37,44,55,66H,3-4,9-11,16-19,26-29,32-34,59H2,1-2H3,(H,60,72)(H,61,73)(H,62,67). The van der Waals surface area contributed by atoms with E-state index >= 15 is 0 Å². The Morgan fingerprint density at radius 3 is 2.12 bits per heavy atom. The molecule has 3 heterocycles. The summed E-state index contributed by atoms with van der Waals surface area (Å²) in [6.07, 6.45) is 6.43. The second-order valence-corrected chi connectivity index (χ2v) is 19.8. The van der Waals surface area contributed by atoms with E-state index in [-0.39, 0.29) is 86.0 Å². The van der Waals surface area contributed by atoms with Crippen molar-refractivity contribution in [3.63, 3.8) is 0 Å². The molecular formula is C57H64ClN7O9. The fourth-order valence-electron chi connectivity index (χ4n) is 10.2. The molecular weight excluding hydrogens is 962 g/mol. The van der Waals surface area contributed by atoms with Crippen molar-refractivity contribution < 1.29 is 43.4 Å². The molecule has 5 aromatic carbocycles. The van der Waals surface area contributed by atoms with Crippen LogP contribution in [0.2, 0.25) is 0 Å². The molecule has 0 spiro atoms. The van der Waals surface area contributed by atoms with E-state index in [4.69, 9.17) is 22.1 Å². The Labute approximate surface area is 435 Å². The minimum absolute atomic E-state index is 0.0760. The Hall–Kier alpha value is -7.30. The number of nitrogens with two attached hydrogens (primary N) is 1. The van der Waals surface area contributed by atoms with Gasteiger partial charge in [0, 0.05) is 91.4 Å². The fraction of sp³-hybridized carbons (Fsp3) is 0.386. The van der Waals surface area contributed by atoms with Crippen LogP contribution in [0.3, 0.4) is 0 Å². The number of carbonyl (C=O) groups excluding carboxylic acids is 7. The first-order valence-electron chi connectivity index (χ1n) is 25.6. The summed E-state index contributed by atoms with van der Waals surface area (Å²) < 4.78 is 6.47. The van der Waals surface area contributed by atoms with Gasteiger partial charge < -0.3 is 41.3 Å². The molecule has 0 fully saturated rings. The Balaban J connectivity index is 0.842. The van der Waals surface area contributed by atoms with Gasteiger partial charge in [-0.05, 0) is 90.6 Å². The van der Waals surface area contributed by atoms with Crippen molar-refractivity contribution >= 4 is 91.6 Å². The molecule has 16 nitrogen and oxygen atoms in total. The van der Waals surface area contributed by atoms with Gasteiger partial charge in [-0.15, -0.1) is 11.6 Å². The Morgan fingerprint density at radius 1 is 0.757 bits per heavy atom. The van der Waals surface area contributed by atoms with Crippen LogP contribution in [0.1, 0.15) is 94.2 Å². The van der Waals surface area contributed by atoms with Crippen LogP contribution in [-0.2, 0) is 46.6 Å². The van der Waals surface area contributed by atoms with Gasteiger partial charge in [-0.25, -0.2) is 0 Å². The molecule has 0 saturated carbocycles. The number of imide groups is 1. The number of aromatic hydroxyl groups is 1. The van der Waals surface area contributed by atoms with Crippen LogP contribution < -0.4 is 36.2 Å². The minimum Gasteiger partial charge on any atom is -0.507 e. The summed E-state index contributed by atoms with van der Waals surface area (Å²) >= 11 is 6.40. The number of ether oxygens (including phenoxy) is 1. The highest BCUT2D eigenvalue weighted by molar-refractivity contribution is 6.19.